The number of hydrogen-bond donors (Lipinski definition) is 0. The molecule has 2 amide bonds. The fraction of sp³-hybridized carbons (Fsp3) is 0.545. The molecule has 2 heterocycles. The van der Waals surface area contributed by atoms with E-state index in [1.54, 1.807) is 12.1 Å². The Bertz CT molecular complexity index is 861. The van der Waals surface area contributed by atoms with Crippen molar-refractivity contribution >= 4 is 17.5 Å². The zero-order valence-corrected chi connectivity index (χ0v) is 16.9. The van der Waals surface area contributed by atoms with Crippen LogP contribution in [0, 0.1) is 33.8 Å². The van der Waals surface area contributed by atoms with Gasteiger partial charge in [0.1, 0.15) is 0 Å². The van der Waals surface area contributed by atoms with E-state index in [-0.39, 0.29) is 46.1 Å². The number of imide groups is 1. The van der Waals surface area contributed by atoms with Crippen molar-refractivity contribution in [1.82, 2.24) is 14.7 Å². The molecule has 0 N–H and O–H groups in total. The van der Waals surface area contributed by atoms with Crippen LogP contribution in [0.2, 0.25) is 0 Å². The van der Waals surface area contributed by atoms with Crippen LogP contribution in [0.25, 0.3) is 0 Å². The lowest BCUT2D eigenvalue weighted by atomic mass is 9.85. The van der Waals surface area contributed by atoms with E-state index >= 15 is 0 Å². The average molecular weight is 410 g/mol. The van der Waals surface area contributed by atoms with Crippen molar-refractivity contribution in [2.45, 2.75) is 13.0 Å². The van der Waals surface area contributed by atoms with Gasteiger partial charge in [0.15, 0.2) is 0 Å². The van der Waals surface area contributed by atoms with Crippen molar-refractivity contribution in [2.24, 2.45) is 23.7 Å². The third-order valence-electron chi connectivity index (χ3n) is 7.22. The number of non-ortho nitro benzene ring substituents is 1. The number of benzene rings is 1. The van der Waals surface area contributed by atoms with Gasteiger partial charge in [0, 0.05) is 57.9 Å². The molecule has 2 aliphatic heterocycles. The summed E-state index contributed by atoms with van der Waals surface area (Å²) < 4.78 is 0. The second kappa shape index (κ2) is 7.59. The number of nitro groups is 1. The number of amides is 2. The summed E-state index contributed by atoms with van der Waals surface area (Å²) >= 11 is 0. The molecule has 1 aromatic carbocycles. The van der Waals surface area contributed by atoms with Gasteiger partial charge in [0.25, 0.3) is 5.69 Å². The highest BCUT2D eigenvalue weighted by Crippen LogP contribution is 2.52. The first-order chi connectivity index (χ1) is 14.5. The Morgan fingerprint density at radius 2 is 1.43 bits per heavy atom. The molecule has 0 radical (unpaired) electrons. The van der Waals surface area contributed by atoms with Crippen molar-refractivity contribution < 1.29 is 14.5 Å². The highest BCUT2D eigenvalue weighted by molar-refractivity contribution is 6.06. The number of carbonyl (C=O) groups is 2. The maximum absolute atomic E-state index is 12.8. The van der Waals surface area contributed by atoms with E-state index in [2.05, 4.69) is 22.0 Å². The van der Waals surface area contributed by atoms with Gasteiger partial charge in [-0.2, -0.15) is 0 Å². The Hall–Kier alpha value is -2.58. The quantitative estimate of drug-likeness (QED) is 0.306. The number of nitro benzene ring substituents is 1. The summed E-state index contributed by atoms with van der Waals surface area (Å²) in [6.07, 6.45) is 5.23. The highest BCUT2D eigenvalue weighted by atomic mass is 16.6. The molecule has 0 aromatic heterocycles. The third kappa shape index (κ3) is 3.33. The molecule has 2 saturated heterocycles. The van der Waals surface area contributed by atoms with Gasteiger partial charge >= 0.3 is 0 Å². The number of likely N-dealkylation sites (tertiary alicyclic amines) is 1. The normalized spacial score (nSPS) is 31.0. The topological polar surface area (TPSA) is 87.0 Å². The SMILES string of the molecule is O=C1C2C(C(=O)N1CCN1CCN(Cc3ccc([N+](=O)[O-])cc3)CC1)[C@H]1C=C[C@@H]2C1. The van der Waals surface area contributed by atoms with Crippen LogP contribution in [0.3, 0.4) is 0 Å². The van der Waals surface area contributed by atoms with E-state index in [1.807, 2.05) is 12.1 Å². The Morgan fingerprint density at radius 3 is 2.00 bits per heavy atom. The third-order valence-corrected chi connectivity index (χ3v) is 7.22. The van der Waals surface area contributed by atoms with Gasteiger partial charge in [0.05, 0.1) is 16.8 Å². The summed E-state index contributed by atoms with van der Waals surface area (Å²) in [5.41, 5.74) is 1.18. The number of hydrogen-bond acceptors (Lipinski definition) is 6. The molecule has 4 atom stereocenters. The highest BCUT2D eigenvalue weighted by Gasteiger charge is 2.59. The second-order valence-corrected chi connectivity index (χ2v) is 8.87. The summed E-state index contributed by atoms with van der Waals surface area (Å²) in [6, 6.07) is 6.72. The Labute approximate surface area is 175 Å². The van der Waals surface area contributed by atoms with Crippen LogP contribution in [0.15, 0.2) is 36.4 Å². The van der Waals surface area contributed by atoms with Crippen LogP contribution in [-0.4, -0.2) is 70.7 Å². The number of fused-ring (bicyclic) bond motifs is 5. The predicted octanol–water partition coefficient (Wildman–Crippen LogP) is 1.52. The number of piperazine rings is 1. The first kappa shape index (κ1) is 19.4. The lowest BCUT2D eigenvalue weighted by Gasteiger charge is -2.35. The first-order valence-electron chi connectivity index (χ1n) is 10.7. The van der Waals surface area contributed by atoms with Crippen LogP contribution in [0.5, 0.6) is 0 Å². The maximum atomic E-state index is 12.8. The number of rotatable bonds is 6. The summed E-state index contributed by atoms with van der Waals surface area (Å²) in [4.78, 5) is 42.1. The predicted molar refractivity (Wildman–Crippen MR) is 109 cm³/mol. The van der Waals surface area contributed by atoms with E-state index in [1.165, 1.54) is 4.90 Å². The molecule has 8 heteroatoms. The molecular formula is C22H26N4O4. The van der Waals surface area contributed by atoms with Gasteiger partial charge in [0.2, 0.25) is 11.8 Å². The summed E-state index contributed by atoms with van der Waals surface area (Å²) in [6.45, 7) is 5.58. The molecule has 1 saturated carbocycles. The molecule has 30 heavy (non-hydrogen) atoms. The summed E-state index contributed by atoms with van der Waals surface area (Å²) in [7, 11) is 0. The van der Waals surface area contributed by atoms with Crippen molar-refractivity contribution in [3.8, 4) is 0 Å². The summed E-state index contributed by atoms with van der Waals surface area (Å²) in [5, 5.41) is 10.8. The maximum Gasteiger partial charge on any atom is 0.269 e. The molecule has 2 bridgehead atoms. The molecule has 1 aromatic rings. The molecule has 5 rings (SSSR count). The minimum Gasteiger partial charge on any atom is -0.299 e. The van der Waals surface area contributed by atoms with Crippen LogP contribution < -0.4 is 0 Å². The standard InChI is InChI=1S/C22H26N4O4/c27-21-19-16-3-4-17(13-16)20(19)22(28)25(21)12-11-23-7-9-24(10-8-23)14-15-1-5-18(6-2-15)26(29)30/h1-6,16-17,19-20H,7-14H2/t16-,17+,19?,20?. The fourth-order valence-corrected chi connectivity index (χ4v) is 5.58. The number of nitrogens with zero attached hydrogens (tertiary/aromatic N) is 4. The minimum absolute atomic E-state index is 0.0404. The molecule has 2 aliphatic carbocycles. The van der Waals surface area contributed by atoms with E-state index in [4.69, 9.17) is 0 Å². The molecule has 0 spiro atoms. The lowest BCUT2D eigenvalue weighted by Crippen LogP contribution is -2.48. The van der Waals surface area contributed by atoms with E-state index in [0.717, 1.165) is 51.3 Å². The zero-order valence-electron chi connectivity index (χ0n) is 16.9. The molecule has 3 fully saturated rings. The Morgan fingerprint density at radius 1 is 0.867 bits per heavy atom. The lowest BCUT2D eigenvalue weighted by molar-refractivity contribution is -0.384. The van der Waals surface area contributed by atoms with E-state index in [0.29, 0.717) is 6.54 Å². The van der Waals surface area contributed by atoms with Crippen molar-refractivity contribution in [3.63, 3.8) is 0 Å². The smallest absolute Gasteiger partial charge is 0.269 e. The van der Waals surface area contributed by atoms with Crippen molar-refractivity contribution in [3.05, 3.63) is 52.1 Å². The zero-order chi connectivity index (χ0) is 20.8. The molecule has 2 unspecified atom stereocenters. The second-order valence-electron chi connectivity index (χ2n) is 8.87. The minimum atomic E-state index is -0.382. The van der Waals surface area contributed by atoms with Gasteiger partial charge < -0.3 is 0 Å². The van der Waals surface area contributed by atoms with Gasteiger partial charge in [-0.1, -0.05) is 24.3 Å². The van der Waals surface area contributed by atoms with Crippen molar-refractivity contribution in [2.75, 3.05) is 39.3 Å². The fourth-order valence-electron chi connectivity index (χ4n) is 5.58. The Kier molecular flexibility index (Phi) is 4.91. The van der Waals surface area contributed by atoms with Gasteiger partial charge in [-0.25, -0.2) is 0 Å². The van der Waals surface area contributed by atoms with Gasteiger partial charge in [-0.15, -0.1) is 0 Å². The van der Waals surface area contributed by atoms with Gasteiger partial charge in [-0.3, -0.25) is 34.4 Å². The van der Waals surface area contributed by atoms with E-state index in [9.17, 15) is 19.7 Å². The molecule has 158 valence electrons. The van der Waals surface area contributed by atoms with Crippen LogP contribution in [0.4, 0.5) is 5.69 Å². The van der Waals surface area contributed by atoms with Gasteiger partial charge in [-0.05, 0) is 23.8 Å². The molecule has 8 nitrogen and oxygen atoms in total. The van der Waals surface area contributed by atoms with Crippen molar-refractivity contribution in [1.29, 1.82) is 0 Å². The summed E-state index contributed by atoms with van der Waals surface area (Å²) in [5.74, 6) is 0.406. The van der Waals surface area contributed by atoms with E-state index < -0.39 is 0 Å². The first-order valence-corrected chi connectivity index (χ1v) is 10.7. The van der Waals surface area contributed by atoms with Crippen LogP contribution in [0.1, 0.15) is 12.0 Å². The monoisotopic (exact) mass is 410 g/mol. The van der Waals surface area contributed by atoms with Crippen LogP contribution >= 0.6 is 0 Å². The average Bonchev–Trinajstić information content (AvgIpc) is 3.42. The largest absolute Gasteiger partial charge is 0.299 e. The number of allylic oxidation sites excluding steroid dienone is 2. The molecular weight excluding hydrogens is 384 g/mol. The molecule has 4 aliphatic rings. The number of carbonyl (C=O) groups excluding carboxylic acids is 2. The van der Waals surface area contributed by atoms with Crippen LogP contribution in [-0.2, 0) is 16.1 Å². The Balaban J connectivity index is 1.09.